The molecule has 0 aliphatic carbocycles. The van der Waals surface area contributed by atoms with E-state index in [0.717, 1.165) is 5.56 Å². The molecule has 24 heavy (non-hydrogen) atoms. The van der Waals surface area contributed by atoms with Gasteiger partial charge < -0.3 is 14.5 Å². The zero-order chi connectivity index (χ0) is 17.7. The lowest BCUT2D eigenvalue weighted by molar-refractivity contribution is 0.0600. The number of benzene rings is 1. The number of esters is 1. The van der Waals surface area contributed by atoms with Crippen molar-refractivity contribution in [2.75, 3.05) is 38.2 Å². The normalized spacial score (nSPS) is 17.9. The first kappa shape index (κ1) is 18.6. The van der Waals surface area contributed by atoms with E-state index in [1.807, 2.05) is 6.92 Å². The van der Waals surface area contributed by atoms with E-state index in [1.165, 1.54) is 7.11 Å². The van der Waals surface area contributed by atoms with Crippen LogP contribution in [0.5, 0.6) is 0 Å². The molecule has 0 spiro atoms. The molecule has 1 aromatic carbocycles. The Morgan fingerprint density at radius 3 is 2.29 bits per heavy atom. The maximum atomic E-state index is 12.6. The van der Waals surface area contributed by atoms with Gasteiger partial charge in [-0.2, -0.15) is 10.6 Å². The minimum Gasteiger partial charge on any atom is -0.465 e. The van der Waals surface area contributed by atoms with Gasteiger partial charge >= 0.3 is 12.0 Å². The predicted octanol–water partition coefficient (Wildman–Crippen LogP) is 2.48. The smallest absolute Gasteiger partial charge is 0.337 e. The Labute approximate surface area is 143 Å². The fraction of sp³-hybridized carbons (Fsp3) is 0.500. The van der Waals surface area contributed by atoms with Crippen molar-refractivity contribution in [3.05, 3.63) is 35.4 Å². The van der Waals surface area contributed by atoms with Gasteiger partial charge in [0.1, 0.15) is 0 Å². The topological polar surface area (TPSA) is 90.3 Å². The van der Waals surface area contributed by atoms with Crippen LogP contribution in [0.15, 0.2) is 24.3 Å². The number of ether oxygens (including phenoxy) is 1. The lowest BCUT2D eigenvalue weighted by Gasteiger charge is -2.42. The zero-order valence-corrected chi connectivity index (χ0v) is 14.8. The number of carbonyl (C=O) groups is 2. The maximum absolute atomic E-state index is 12.6. The van der Waals surface area contributed by atoms with Gasteiger partial charge in [-0.05, 0) is 24.6 Å². The van der Waals surface area contributed by atoms with E-state index in [9.17, 15) is 18.7 Å². The summed E-state index contributed by atoms with van der Waals surface area (Å²) in [5.74, 6) is 0.0890. The summed E-state index contributed by atoms with van der Waals surface area (Å²) in [6, 6.07) is 6.85. The van der Waals surface area contributed by atoms with Crippen molar-refractivity contribution in [1.82, 2.24) is 9.80 Å². The lowest BCUT2D eigenvalue weighted by atomic mass is 10.1. The summed E-state index contributed by atoms with van der Waals surface area (Å²) >= 11 is 0. The van der Waals surface area contributed by atoms with Gasteiger partial charge in [0, 0.05) is 26.2 Å². The van der Waals surface area contributed by atoms with Crippen LogP contribution < -0.4 is 0 Å². The Morgan fingerprint density at radius 1 is 1.21 bits per heavy atom. The van der Waals surface area contributed by atoms with Crippen molar-refractivity contribution in [2.45, 2.75) is 13.5 Å². The molecule has 2 N–H and O–H groups in total. The molecule has 0 aromatic heterocycles. The van der Waals surface area contributed by atoms with Gasteiger partial charge in [-0.1, -0.05) is 12.1 Å². The number of amides is 2. The number of nitrogens with zero attached hydrogens (tertiary/aromatic N) is 2. The third-order valence-corrected chi connectivity index (χ3v) is 5.72. The standard InChI is InChI=1S/C16H24N2O5S/c1-3-17(16(20)18-8-10-24(21,22)11-9-18)12-13-4-6-14(7-5-13)15(19)23-2/h4-7,21-22H,3,8-12H2,1-2H3. The second-order valence-corrected chi connectivity index (χ2v) is 8.10. The second-order valence-electron chi connectivity index (χ2n) is 5.68. The third-order valence-electron chi connectivity index (χ3n) is 4.05. The van der Waals surface area contributed by atoms with Crippen LogP contribution in [-0.2, 0) is 11.3 Å². The Morgan fingerprint density at radius 2 is 1.79 bits per heavy atom. The molecule has 1 aromatic rings. The van der Waals surface area contributed by atoms with Crippen LogP contribution in [0.25, 0.3) is 0 Å². The van der Waals surface area contributed by atoms with E-state index in [1.54, 1.807) is 34.1 Å². The SMILES string of the molecule is CCN(Cc1ccc(C(=O)OC)cc1)C(=O)N1CCS(O)(O)CC1. The number of methoxy groups -OCH3 is 1. The average Bonchev–Trinajstić information content (AvgIpc) is 2.59. The second kappa shape index (κ2) is 7.87. The lowest BCUT2D eigenvalue weighted by Crippen LogP contribution is -2.48. The van der Waals surface area contributed by atoms with E-state index in [4.69, 9.17) is 0 Å². The summed E-state index contributed by atoms with van der Waals surface area (Å²) in [5, 5.41) is 0. The Bertz CT molecular complexity index is 581. The molecule has 7 nitrogen and oxygen atoms in total. The van der Waals surface area contributed by atoms with Crippen molar-refractivity contribution in [3.8, 4) is 0 Å². The number of rotatable bonds is 4. The van der Waals surface area contributed by atoms with E-state index >= 15 is 0 Å². The van der Waals surface area contributed by atoms with Crippen LogP contribution in [0.3, 0.4) is 0 Å². The van der Waals surface area contributed by atoms with E-state index in [0.29, 0.717) is 31.7 Å². The molecule has 0 bridgehead atoms. The largest absolute Gasteiger partial charge is 0.465 e. The minimum atomic E-state index is -2.51. The fourth-order valence-electron chi connectivity index (χ4n) is 2.52. The minimum absolute atomic E-state index is 0.107. The molecular formula is C16H24N2O5S. The summed E-state index contributed by atoms with van der Waals surface area (Å²) in [6.07, 6.45) is 0. The molecule has 1 aliphatic heterocycles. The van der Waals surface area contributed by atoms with Crippen molar-refractivity contribution in [3.63, 3.8) is 0 Å². The van der Waals surface area contributed by atoms with Crippen molar-refractivity contribution in [2.24, 2.45) is 0 Å². The van der Waals surface area contributed by atoms with Gasteiger partial charge in [0.15, 0.2) is 0 Å². The molecule has 1 heterocycles. The van der Waals surface area contributed by atoms with Crippen LogP contribution in [0.1, 0.15) is 22.8 Å². The summed E-state index contributed by atoms with van der Waals surface area (Å²) in [7, 11) is -1.18. The summed E-state index contributed by atoms with van der Waals surface area (Å²) in [6.45, 7) is 3.60. The summed E-state index contributed by atoms with van der Waals surface area (Å²) < 4.78 is 24.0. The zero-order valence-electron chi connectivity index (χ0n) is 14.0. The van der Waals surface area contributed by atoms with Crippen LogP contribution >= 0.6 is 10.6 Å². The maximum Gasteiger partial charge on any atom is 0.337 e. The molecule has 0 atom stereocenters. The van der Waals surface area contributed by atoms with Crippen molar-refractivity contribution >= 4 is 22.6 Å². The molecule has 134 valence electrons. The highest BCUT2D eigenvalue weighted by atomic mass is 32.3. The summed E-state index contributed by atoms with van der Waals surface area (Å²) in [5.41, 5.74) is 1.39. The highest BCUT2D eigenvalue weighted by Gasteiger charge is 2.27. The van der Waals surface area contributed by atoms with Gasteiger partial charge in [0.05, 0.1) is 24.2 Å². The van der Waals surface area contributed by atoms with Gasteiger partial charge in [0.25, 0.3) is 0 Å². The molecule has 2 amide bonds. The van der Waals surface area contributed by atoms with Crippen LogP contribution in [0, 0.1) is 0 Å². The first-order valence-corrected chi connectivity index (χ1v) is 9.69. The first-order valence-electron chi connectivity index (χ1n) is 7.81. The Balaban J connectivity index is 1.98. The van der Waals surface area contributed by atoms with E-state index < -0.39 is 16.6 Å². The van der Waals surface area contributed by atoms with Crippen molar-refractivity contribution < 1.29 is 23.4 Å². The molecule has 0 saturated carbocycles. The van der Waals surface area contributed by atoms with Gasteiger partial charge in [0.2, 0.25) is 0 Å². The van der Waals surface area contributed by atoms with Crippen molar-refractivity contribution in [1.29, 1.82) is 0 Å². The molecule has 0 unspecified atom stereocenters. The number of urea groups is 1. The van der Waals surface area contributed by atoms with Crippen LogP contribution in [-0.4, -0.2) is 69.2 Å². The molecule has 2 rings (SSSR count). The average molecular weight is 356 g/mol. The number of hydrogen-bond acceptors (Lipinski definition) is 5. The van der Waals surface area contributed by atoms with Crippen LogP contribution in [0.4, 0.5) is 4.79 Å². The van der Waals surface area contributed by atoms with Gasteiger partial charge in [-0.3, -0.25) is 9.11 Å². The van der Waals surface area contributed by atoms with E-state index in [2.05, 4.69) is 4.74 Å². The summed E-state index contributed by atoms with van der Waals surface area (Å²) in [4.78, 5) is 27.4. The highest BCUT2D eigenvalue weighted by molar-refractivity contribution is 8.24. The predicted molar refractivity (Wildman–Crippen MR) is 93.4 cm³/mol. The number of carbonyl (C=O) groups excluding carboxylic acids is 2. The molecule has 1 aliphatic rings. The molecular weight excluding hydrogens is 332 g/mol. The van der Waals surface area contributed by atoms with Gasteiger partial charge in [-0.25, -0.2) is 9.59 Å². The molecule has 0 radical (unpaired) electrons. The Hall–Kier alpha value is -1.77. The highest BCUT2D eigenvalue weighted by Crippen LogP contribution is 2.40. The monoisotopic (exact) mass is 356 g/mol. The van der Waals surface area contributed by atoms with Gasteiger partial charge in [-0.15, -0.1) is 0 Å². The number of hydrogen-bond donors (Lipinski definition) is 2. The van der Waals surface area contributed by atoms with E-state index in [-0.39, 0.29) is 17.5 Å². The fourth-order valence-corrected chi connectivity index (χ4v) is 3.75. The molecule has 1 saturated heterocycles. The Kier molecular flexibility index (Phi) is 6.09. The van der Waals surface area contributed by atoms with Crippen LogP contribution in [0.2, 0.25) is 0 Å². The molecule has 8 heteroatoms. The third kappa shape index (κ3) is 4.62. The first-order chi connectivity index (χ1) is 11.4. The molecule has 1 fully saturated rings. The quantitative estimate of drug-likeness (QED) is 0.809.